The Hall–Kier alpha value is -4.35. The van der Waals surface area contributed by atoms with Crippen LogP contribution in [0, 0.1) is 0 Å². The summed E-state index contributed by atoms with van der Waals surface area (Å²) in [5.74, 6) is 1.20. The van der Waals surface area contributed by atoms with E-state index in [0.717, 1.165) is 11.1 Å². The minimum Gasteiger partial charge on any atom is -0.451 e. The molecule has 196 valence electrons. The fourth-order valence-electron chi connectivity index (χ4n) is 4.26. The van der Waals surface area contributed by atoms with Crippen LogP contribution < -0.4 is 16.0 Å². The summed E-state index contributed by atoms with van der Waals surface area (Å²) in [4.78, 5) is 25.8. The van der Waals surface area contributed by atoms with Gasteiger partial charge in [-0.05, 0) is 44.7 Å². The second-order valence-electron chi connectivity index (χ2n) is 9.40. The molecular formula is C27H29N7O4. The average Bonchev–Trinajstić information content (AvgIpc) is 3.48. The Morgan fingerprint density at radius 3 is 2.66 bits per heavy atom. The van der Waals surface area contributed by atoms with E-state index in [1.165, 1.54) is 0 Å². The van der Waals surface area contributed by atoms with E-state index in [1.807, 2.05) is 57.3 Å². The number of aliphatic hydroxyl groups excluding tert-OH is 1. The van der Waals surface area contributed by atoms with Gasteiger partial charge in [0.2, 0.25) is 5.95 Å². The molecular weight excluding hydrogens is 486 g/mol. The minimum absolute atomic E-state index is 0.165. The molecule has 0 saturated carbocycles. The fraction of sp³-hybridized carbons (Fsp3) is 0.296. The van der Waals surface area contributed by atoms with Gasteiger partial charge < -0.3 is 30.3 Å². The Balaban J connectivity index is 1.48. The first-order valence-corrected chi connectivity index (χ1v) is 12.3. The first-order valence-electron chi connectivity index (χ1n) is 12.3. The molecule has 0 aliphatic carbocycles. The standard InChI is InChI=1S/C27H29N7O4/c1-27(2)20-13-17(9-10-18(20)25(36)37-27)30-26-29-14-19(24-32-22(34-38-24)11-12-28-3)23(33-26)31-21(15-35)16-7-5-4-6-8-16/h4-10,13-14,21,28,35H,11-12,15H2,1-3H3,(H2,29,30,31,33)/t21-/m1/s1. The predicted molar refractivity (Wildman–Crippen MR) is 141 cm³/mol. The van der Waals surface area contributed by atoms with Crippen molar-refractivity contribution in [1.29, 1.82) is 0 Å². The SMILES string of the molecule is CNCCc1noc(-c2cnc(Nc3ccc4c(c3)C(C)(C)OC4=O)nc2N[C@H](CO)c2ccccc2)n1. The zero-order valence-electron chi connectivity index (χ0n) is 21.4. The Labute approximate surface area is 219 Å². The van der Waals surface area contributed by atoms with Crippen LogP contribution in [0.25, 0.3) is 11.5 Å². The number of hydrogen-bond acceptors (Lipinski definition) is 11. The summed E-state index contributed by atoms with van der Waals surface area (Å²) < 4.78 is 11.0. The van der Waals surface area contributed by atoms with Gasteiger partial charge in [0.25, 0.3) is 5.89 Å². The fourth-order valence-corrected chi connectivity index (χ4v) is 4.26. The van der Waals surface area contributed by atoms with Crippen molar-refractivity contribution in [2.24, 2.45) is 0 Å². The van der Waals surface area contributed by atoms with Gasteiger partial charge in [-0.15, -0.1) is 0 Å². The minimum atomic E-state index is -0.728. The van der Waals surface area contributed by atoms with Crippen molar-refractivity contribution in [3.63, 3.8) is 0 Å². The highest BCUT2D eigenvalue weighted by molar-refractivity contribution is 5.95. The summed E-state index contributed by atoms with van der Waals surface area (Å²) in [5.41, 5.74) is 2.68. The predicted octanol–water partition coefficient (Wildman–Crippen LogP) is 3.58. The lowest BCUT2D eigenvalue weighted by molar-refractivity contribution is 0.00954. The van der Waals surface area contributed by atoms with Crippen LogP contribution in [0.15, 0.2) is 59.3 Å². The largest absolute Gasteiger partial charge is 0.451 e. The van der Waals surface area contributed by atoms with Gasteiger partial charge in [0.05, 0.1) is 18.2 Å². The molecule has 4 N–H and O–H groups in total. The van der Waals surface area contributed by atoms with Gasteiger partial charge in [0.15, 0.2) is 5.82 Å². The number of hydrogen-bond donors (Lipinski definition) is 4. The van der Waals surface area contributed by atoms with Crippen LogP contribution in [0.1, 0.15) is 47.2 Å². The van der Waals surface area contributed by atoms with Crippen molar-refractivity contribution < 1.29 is 19.2 Å². The molecule has 1 atom stereocenters. The molecule has 5 rings (SSSR count). The van der Waals surface area contributed by atoms with Gasteiger partial charge in [-0.2, -0.15) is 9.97 Å². The maximum Gasteiger partial charge on any atom is 0.339 e. The Kier molecular flexibility index (Phi) is 7.03. The molecule has 0 amide bonds. The molecule has 0 saturated heterocycles. The number of esters is 1. The van der Waals surface area contributed by atoms with Crippen LogP contribution in [0.5, 0.6) is 0 Å². The highest BCUT2D eigenvalue weighted by Crippen LogP contribution is 2.38. The van der Waals surface area contributed by atoms with E-state index in [-0.39, 0.29) is 18.5 Å². The highest BCUT2D eigenvalue weighted by atomic mass is 16.6. The molecule has 4 aromatic rings. The Morgan fingerprint density at radius 1 is 1.08 bits per heavy atom. The Morgan fingerprint density at radius 2 is 1.89 bits per heavy atom. The van der Waals surface area contributed by atoms with E-state index in [2.05, 4.69) is 31.1 Å². The van der Waals surface area contributed by atoms with Gasteiger partial charge in [0.1, 0.15) is 17.0 Å². The molecule has 1 aliphatic rings. The molecule has 0 unspecified atom stereocenters. The van der Waals surface area contributed by atoms with Crippen molar-refractivity contribution in [2.45, 2.75) is 31.9 Å². The summed E-state index contributed by atoms with van der Waals surface area (Å²) in [6, 6.07) is 14.5. The number of cyclic esters (lactones) is 1. The lowest BCUT2D eigenvalue weighted by atomic mass is 9.95. The molecule has 11 nitrogen and oxygen atoms in total. The number of fused-ring (bicyclic) bond motifs is 1. The van der Waals surface area contributed by atoms with E-state index in [9.17, 15) is 9.90 Å². The lowest BCUT2D eigenvalue weighted by Crippen LogP contribution is -2.17. The van der Waals surface area contributed by atoms with Gasteiger partial charge in [-0.25, -0.2) is 9.78 Å². The second-order valence-corrected chi connectivity index (χ2v) is 9.40. The van der Waals surface area contributed by atoms with Crippen molar-refractivity contribution >= 4 is 23.4 Å². The number of carbonyl (C=O) groups excluding carboxylic acids is 1. The highest BCUT2D eigenvalue weighted by Gasteiger charge is 2.37. The molecule has 0 bridgehead atoms. The lowest BCUT2D eigenvalue weighted by Gasteiger charge is -2.20. The summed E-state index contributed by atoms with van der Waals surface area (Å²) in [5, 5.41) is 23.8. The molecule has 2 aromatic heterocycles. The Bertz CT molecular complexity index is 1440. The molecule has 3 heterocycles. The van der Waals surface area contributed by atoms with Crippen molar-refractivity contribution in [3.8, 4) is 11.5 Å². The summed E-state index contributed by atoms with van der Waals surface area (Å²) >= 11 is 0. The number of aliphatic hydroxyl groups is 1. The van der Waals surface area contributed by atoms with E-state index >= 15 is 0 Å². The molecule has 0 radical (unpaired) electrons. The topological polar surface area (TPSA) is 147 Å². The van der Waals surface area contributed by atoms with E-state index in [4.69, 9.17) is 14.2 Å². The number of nitrogens with one attached hydrogen (secondary N) is 3. The molecule has 0 fully saturated rings. The third kappa shape index (κ3) is 5.20. The quantitative estimate of drug-likeness (QED) is 0.230. The maximum atomic E-state index is 12.2. The number of benzene rings is 2. The average molecular weight is 516 g/mol. The van der Waals surface area contributed by atoms with Crippen LogP contribution in [0.3, 0.4) is 0 Å². The number of likely N-dealkylation sites (N-methyl/N-ethyl adjacent to an activating group) is 1. The normalized spacial score (nSPS) is 14.6. The number of aromatic nitrogens is 4. The second kappa shape index (κ2) is 10.6. The third-order valence-electron chi connectivity index (χ3n) is 6.27. The summed E-state index contributed by atoms with van der Waals surface area (Å²) in [6.07, 6.45) is 2.20. The first kappa shape index (κ1) is 25.3. The van der Waals surface area contributed by atoms with Gasteiger partial charge in [-0.3, -0.25) is 0 Å². The third-order valence-corrected chi connectivity index (χ3v) is 6.27. The van der Waals surface area contributed by atoms with Crippen LogP contribution >= 0.6 is 0 Å². The van der Waals surface area contributed by atoms with Gasteiger partial charge in [0, 0.05) is 30.4 Å². The van der Waals surface area contributed by atoms with Crippen LogP contribution in [0.2, 0.25) is 0 Å². The molecule has 2 aromatic carbocycles. The maximum absolute atomic E-state index is 12.2. The number of anilines is 3. The number of ether oxygens (including phenoxy) is 1. The zero-order valence-corrected chi connectivity index (χ0v) is 21.4. The van der Waals surface area contributed by atoms with Crippen LogP contribution in [-0.2, 0) is 16.8 Å². The van der Waals surface area contributed by atoms with Crippen molar-refractivity contribution in [1.82, 2.24) is 25.4 Å². The zero-order chi connectivity index (χ0) is 26.7. The summed E-state index contributed by atoms with van der Waals surface area (Å²) in [6.45, 7) is 4.24. The molecule has 1 aliphatic heterocycles. The smallest absolute Gasteiger partial charge is 0.339 e. The van der Waals surface area contributed by atoms with Gasteiger partial charge >= 0.3 is 5.97 Å². The van der Waals surface area contributed by atoms with Crippen LogP contribution in [-0.4, -0.2) is 51.4 Å². The first-order chi connectivity index (χ1) is 18.4. The van der Waals surface area contributed by atoms with E-state index in [1.54, 1.807) is 18.3 Å². The van der Waals surface area contributed by atoms with Crippen molar-refractivity contribution in [3.05, 3.63) is 77.2 Å². The molecule has 11 heteroatoms. The van der Waals surface area contributed by atoms with Crippen LogP contribution in [0.4, 0.5) is 17.5 Å². The number of carbonyl (C=O) groups is 1. The van der Waals surface area contributed by atoms with E-state index < -0.39 is 11.6 Å². The number of rotatable bonds is 10. The van der Waals surface area contributed by atoms with Crippen molar-refractivity contribution in [2.75, 3.05) is 30.8 Å². The van der Waals surface area contributed by atoms with E-state index in [0.29, 0.717) is 47.4 Å². The van der Waals surface area contributed by atoms with Gasteiger partial charge in [-0.1, -0.05) is 35.5 Å². The summed E-state index contributed by atoms with van der Waals surface area (Å²) in [7, 11) is 1.86. The monoisotopic (exact) mass is 515 g/mol. The molecule has 0 spiro atoms. The molecule has 38 heavy (non-hydrogen) atoms. The number of nitrogens with zero attached hydrogens (tertiary/aromatic N) is 4.